The maximum atomic E-state index is 11.7. The summed E-state index contributed by atoms with van der Waals surface area (Å²) < 4.78 is 16.7. The summed E-state index contributed by atoms with van der Waals surface area (Å²) in [5, 5.41) is 0. The Morgan fingerprint density at radius 3 is 2.46 bits per heavy atom. The average Bonchev–Trinajstić information content (AvgIpc) is 2.68. The summed E-state index contributed by atoms with van der Waals surface area (Å²) in [6.45, 7) is 5.86. The number of allylic oxidation sites excluding steroid dienone is 2. The number of carbonyl (C=O) groups excluding carboxylic acids is 1. The lowest BCUT2D eigenvalue weighted by Crippen LogP contribution is -2.30. The quantitative estimate of drug-likeness (QED) is 0.526. The van der Waals surface area contributed by atoms with Gasteiger partial charge < -0.3 is 14.2 Å². The summed E-state index contributed by atoms with van der Waals surface area (Å²) in [7, 11) is 0. The number of aliphatic imine (C=N–C) groups is 1. The Bertz CT molecular complexity index is 909. The Hall–Kier alpha value is -3.34. The first kappa shape index (κ1) is 19.4. The summed E-state index contributed by atoms with van der Waals surface area (Å²) in [4.78, 5) is 16.1. The predicted molar refractivity (Wildman–Crippen MR) is 109 cm³/mol. The van der Waals surface area contributed by atoms with Gasteiger partial charge in [-0.15, -0.1) is 0 Å². The second-order valence-electron chi connectivity index (χ2n) is 6.59. The number of nitrogens with zero attached hydrogens (tertiary/aromatic N) is 1. The van der Waals surface area contributed by atoms with Crippen molar-refractivity contribution in [3.63, 3.8) is 0 Å². The molecule has 0 amide bonds. The zero-order chi connectivity index (χ0) is 20.0. The normalized spacial score (nSPS) is 17.0. The Morgan fingerprint density at radius 1 is 1.07 bits per heavy atom. The number of hydrogen-bond acceptors (Lipinski definition) is 5. The van der Waals surface area contributed by atoms with Crippen LogP contribution in [0.1, 0.15) is 36.7 Å². The van der Waals surface area contributed by atoms with Crippen LogP contribution in [-0.2, 0) is 14.2 Å². The number of rotatable bonds is 5. The van der Waals surface area contributed by atoms with Crippen molar-refractivity contribution < 1.29 is 19.0 Å². The third-order valence-electron chi connectivity index (χ3n) is 3.89. The lowest BCUT2D eigenvalue weighted by atomic mass is 10.1. The van der Waals surface area contributed by atoms with Crippen LogP contribution in [0.3, 0.4) is 0 Å². The molecule has 5 heteroatoms. The van der Waals surface area contributed by atoms with Gasteiger partial charge in [0.2, 0.25) is 5.79 Å². The molecule has 0 aromatic heterocycles. The highest BCUT2D eigenvalue weighted by molar-refractivity contribution is 5.89. The third kappa shape index (κ3) is 5.10. The number of benzene rings is 2. The number of carbonyl (C=O) groups is 1. The Morgan fingerprint density at radius 2 is 1.79 bits per heavy atom. The van der Waals surface area contributed by atoms with E-state index < -0.39 is 5.79 Å². The lowest BCUT2D eigenvalue weighted by Gasteiger charge is -2.33. The smallest absolute Gasteiger partial charge is 0.338 e. The number of ether oxygens (including phenoxy) is 3. The van der Waals surface area contributed by atoms with Gasteiger partial charge in [0.1, 0.15) is 11.5 Å². The van der Waals surface area contributed by atoms with E-state index >= 15 is 0 Å². The SMILES string of the molecule is CCOC(=O)c1ccc(N=C/C=C2\C=C(c3ccccc3)OC(C)(C)O2)cc1. The van der Waals surface area contributed by atoms with Gasteiger partial charge in [0.05, 0.1) is 17.9 Å². The molecule has 5 nitrogen and oxygen atoms in total. The van der Waals surface area contributed by atoms with Gasteiger partial charge in [-0.05, 0) is 37.3 Å². The molecule has 2 aromatic rings. The monoisotopic (exact) mass is 377 g/mol. The summed E-state index contributed by atoms with van der Waals surface area (Å²) in [6, 6.07) is 16.8. The Balaban J connectivity index is 1.76. The molecule has 0 aliphatic carbocycles. The first-order valence-electron chi connectivity index (χ1n) is 9.13. The van der Waals surface area contributed by atoms with Gasteiger partial charge in [-0.2, -0.15) is 0 Å². The van der Waals surface area contributed by atoms with E-state index in [0.29, 0.717) is 17.9 Å². The van der Waals surface area contributed by atoms with E-state index in [1.165, 1.54) is 0 Å². The molecule has 0 N–H and O–H groups in total. The standard InChI is InChI=1S/C23H23NO4/c1-4-26-22(25)18-10-12-19(13-11-18)24-15-14-20-16-21(28-23(2,3)27-20)17-8-6-5-7-9-17/h5-16H,4H2,1-3H3/b20-14+,24-15?. The van der Waals surface area contributed by atoms with E-state index in [-0.39, 0.29) is 5.97 Å². The minimum absolute atomic E-state index is 0.337. The largest absolute Gasteiger partial charge is 0.462 e. The van der Waals surface area contributed by atoms with Gasteiger partial charge >= 0.3 is 5.97 Å². The molecule has 0 radical (unpaired) electrons. The summed E-state index contributed by atoms with van der Waals surface area (Å²) in [5.74, 6) is 0.287. The van der Waals surface area contributed by atoms with Gasteiger partial charge in [0, 0.05) is 31.7 Å². The summed E-state index contributed by atoms with van der Waals surface area (Å²) in [5.41, 5.74) is 2.21. The van der Waals surface area contributed by atoms with Crippen LogP contribution < -0.4 is 0 Å². The molecule has 0 spiro atoms. The molecule has 0 atom stereocenters. The highest BCUT2D eigenvalue weighted by Crippen LogP contribution is 2.32. The molecule has 144 valence electrons. The summed E-state index contributed by atoms with van der Waals surface area (Å²) >= 11 is 0. The van der Waals surface area contributed by atoms with Crippen LogP contribution in [0, 0.1) is 0 Å². The zero-order valence-electron chi connectivity index (χ0n) is 16.2. The molecule has 0 saturated heterocycles. The minimum atomic E-state index is -0.777. The zero-order valence-corrected chi connectivity index (χ0v) is 16.2. The van der Waals surface area contributed by atoms with Crippen molar-refractivity contribution in [3.8, 4) is 0 Å². The molecule has 0 bridgehead atoms. The Kier molecular flexibility index (Phi) is 5.94. The van der Waals surface area contributed by atoms with E-state index in [1.54, 1.807) is 43.5 Å². The predicted octanol–water partition coefficient (Wildman–Crippen LogP) is 5.27. The molecule has 1 aliphatic heterocycles. The molecule has 1 aliphatic rings. The van der Waals surface area contributed by atoms with E-state index in [4.69, 9.17) is 14.2 Å². The van der Waals surface area contributed by atoms with Crippen LogP contribution in [0.15, 0.2) is 77.5 Å². The molecular formula is C23H23NO4. The highest BCUT2D eigenvalue weighted by Gasteiger charge is 2.28. The first-order valence-corrected chi connectivity index (χ1v) is 9.13. The molecule has 0 saturated carbocycles. The van der Waals surface area contributed by atoms with Crippen LogP contribution >= 0.6 is 0 Å². The van der Waals surface area contributed by atoms with Crippen LogP contribution in [0.2, 0.25) is 0 Å². The van der Waals surface area contributed by atoms with Crippen LogP contribution in [0.25, 0.3) is 5.76 Å². The van der Waals surface area contributed by atoms with Crippen LogP contribution in [0.4, 0.5) is 5.69 Å². The third-order valence-corrected chi connectivity index (χ3v) is 3.89. The van der Waals surface area contributed by atoms with Crippen molar-refractivity contribution in [2.24, 2.45) is 4.99 Å². The lowest BCUT2D eigenvalue weighted by molar-refractivity contribution is -0.149. The second-order valence-corrected chi connectivity index (χ2v) is 6.59. The topological polar surface area (TPSA) is 57.1 Å². The first-order chi connectivity index (χ1) is 13.5. The number of hydrogen-bond donors (Lipinski definition) is 0. The fourth-order valence-corrected chi connectivity index (χ4v) is 2.68. The van der Waals surface area contributed by atoms with E-state index in [2.05, 4.69) is 4.99 Å². The van der Waals surface area contributed by atoms with E-state index in [0.717, 1.165) is 17.0 Å². The fraction of sp³-hybridized carbons (Fsp3) is 0.217. The van der Waals surface area contributed by atoms with Gasteiger partial charge in [-0.3, -0.25) is 4.99 Å². The molecule has 0 unspecified atom stereocenters. The maximum Gasteiger partial charge on any atom is 0.338 e. The van der Waals surface area contributed by atoms with Gasteiger partial charge in [0.15, 0.2) is 0 Å². The van der Waals surface area contributed by atoms with Gasteiger partial charge in [0.25, 0.3) is 0 Å². The van der Waals surface area contributed by atoms with Crippen molar-refractivity contribution in [2.45, 2.75) is 26.6 Å². The molecule has 0 fully saturated rings. The van der Waals surface area contributed by atoms with Crippen LogP contribution in [-0.4, -0.2) is 24.6 Å². The van der Waals surface area contributed by atoms with Crippen molar-refractivity contribution in [1.82, 2.24) is 0 Å². The van der Waals surface area contributed by atoms with Crippen molar-refractivity contribution in [3.05, 3.63) is 83.6 Å². The van der Waals surface area contributed by atoms with Crippen molar-refractivity contribution in [1.29, 1.82) is 0 Å². The van der Waals surface area contributed by atoms with E-state index in [9.17, 15) is 4.79 Å². The Labute approximate surface area is 165 Å². The number of esters is 1. The highest BCUT2D eigenvalue weighted by atomic mass is 16.7. The van der Waals surface area contributed by atoms with Crippen LogP contribution in [0.5, 0.6) is 0 Å². The van der Waals surface area contributed by atoms with Gasteiger partial charge in [-0.1, -0.05) is 30.3 Å². The minimum Gasteiger partial charge on any atom is -0.462 e. The second kappa shape index (κ2) is 8.57. The van der Waals surface area contributed by atoms with Gasteiger partial charge in [-0.25, -0.2) is 4.79 Å². The fourth-order valence-electron chi connectivity index (χ4n) is 2.68. The van der Waals surface area contributed by atoms with E-state index in [1.807, 2.05) is 50.3 Å². The van der Waals surface area contributed by atoms with Crippen molar-refractivity contribution in [2.75, 3.05) is 6.61 Å². The summed E-state index contributed by atoms with van der Waals surface area (Å²) in [6.07, 6.45) is 5.29. The molecule has 2 aromatic carbocycles. The van der Waals surface area contributed by atoms with Crippen molar-refractivity contribution >= 4 is 23.6 Å². The maximum absolute atomic E-state index is 11.7. The average molecular weight is 377 g/mol. The molecular weight excluding hydrogens is 354 g/mol. The molecule has 3 rings (SSSR count). The molecule has 28 heavy (non-hydrogen) atoms. The molecule has 1 heterocycles.